The Balaban J connectivity index is 1.18. The lowest BCUT2D eigenvalue weighted by Gasteiger charge is -2.10. The van der Waals surface area contributed by atoms with Crippen molar-refractivity contribution in [1.82, 2.24) is 9.13 Å². The Hall–Kier alpha value is -5.86. The molecule has 0 aliphatic heterocycles. The van der Waals surface area contributed by atoms with Gasteiger partial charge >= 0.3 is 0 Å². The predicted molar refractivity (Wildman–Crippen MR) is 195 cm³/mol. The van der Waals surface area contributed by atoms with Crippen LogP contribution in [0.4, 0.5) is 0 Å². The molecule has 0 aliphatic rings. The first kappa shape index (κ1) is 26.5. The van der Waals surface area contributed by atoms with Crippen molar-refractivity contribution in [3.63, 3.8) is 0 Å². The van der Waals surface area contributed by atoms with Crippen LogP contribution in [0.5, 0.6) is 0 Å². The lowest BCUT2D eigenvalue weighted by atomic mass is 10.0. The summed E-state index contributed by atoms with van der Waals surface area (Å²) in [4.78, 5) is 0. The quantitative estimate of drug-likeness (QED) is 0.194. The van der Waals surface area contributed by atoms with Crippen molar-refractivity contribution in [3.05, 3.63) is 169 Å². The summed E-state index contributed by atoms with van der Waals surface area (Å²) in [5.41, 5.74) is 14.7. The first-order valence-electron chi connectivity index (χ1n) is 15.9. The number of fused-ring (bicyclic) bond motifs is 6. The van der Waals surface area contributed by atoms with E-state index in [0.717, 1.165) is 0 Å². The van der Waals surface area contributed by atoms with E-state index in [4.69, 9.17) is 0 Å². The number of benzene rings is 7. The molecule has 46 heavy (non-hydrogen) atoms. The summed E-state index contributed by atoms with van der Waals surface area (Å²) >= 11 is 0. The van der Waals surface area contributed by atoms with Gasteiger partial charge in [0.05, 0.1) is 22.1 Å². The number of aromatic nitrogens is 2. The van der Waals surface area contributed by atoms with Crippen LogP contribution in [0, 0.1) is 13.8 Å². The highest BCUT2D eigenvalue weighted by molar-refractivity contribution is 6.12. The largest absolute Gasteiger partial charge is 0.309 e. The van der Waals surface area contributed by atoms with Gasteiger partial charge in [0.1, 0.15) is 0 Å². The molecule has 2 heteroatoms. The standard InChI is InChI=1S/C44H32N2/c1-29-11-15-31(16-12-29)32-17-23-36(24-18-32)46-42-10-6-4-8-38(42)40-28-34(20-26-44(40)46)33-19-25-43-39(27-33)37-7-3-5-9-41(37)45(43)35-21-13-30(2)14-22-35/h3-28H,1-2H3. The molecule has 2 nitrogen and oxygen atoms in total. The molecule has 9 aromatic rings. The first-order valence-corrected chi connectivity index (χ1v) is 15.9. The third-order valence-electron chi connectivity index (χ3n) is 9.48. The van der Waals surface area contributed by atoms with Crippen molar-refractivity contribution >= 4 is 43.6 Å². The van der Waals surface area contributed by atoms with E-state index in [1.54, 1.807) is 0 Å². The van der Waals surface area contributed by atoms with E-state index < -0.39 is 0 Å². The number of para-hydroxylation sites is 2. The fourth-order valence-electron chi connectivity index (χ4n) is 7.10. The van der Waals surface area contributed by atoms with Crippen LogP contribution in [0.1, 0.15) is 11.1 Å². The molecule has 218 valence electrons. The molecular formula is C44H32N2. The average Bonchev–Trinajstić information content (AvgIpc) is 3.61. The van der Waals surface area contributed by atoms with Crippen LogP contribution in [0.15, 0.2) is 158 Å². The number of aryl methyl sites for hydroxylation is 2. The maximum atomic E-state index is 2.39. The topological polar surface area (TPSA) is 9.86 Å². The molecule has 0 spiro atoms. The maximum Gasteiger partial charge on any atom is 0.0541 e. The van der Waals surface area contributed by atoms with Gasteiger partial charge in [-0.15, -0.1) is 0 Å². The molecule has 2 aromatic heterocycles. The second-order valence-electron chi connectivity index (χ2n) is 12.4. The van der Waals surface area contributed by atoms with Gasteiger partial charge in [0.25, 0.3) is 0 Å². The SMILES string of the molecule is Cc1ccc(-c2ccc(-n3c4ccccc4c4cc(-c5ccc6c(c5)c5ccccc5n6-c5ccc(C)cc5)ccc43)cc2)cc1. The van der Waals surface area contributed by atoms with Crippen LogP contribution in [-0.2, 0) is 0 Å². The molecule has 7 aromatic carbocycles. The molecule has 2 heterocycles. The number of hydrogen-bond donors (Lipinski definition) is 0. The fraction of sp³-hybridized carbons (Fsp3) is 0.0455. The Bertz CT molecular complexity index is 2560. The highest BCUT2D eigenvalue weighted by Gasteiger charge is 2.16. The van der Waals surface area contributed by atoms with Crippen molar-refractivity contribution in [2.24, 2.45) is 0 Å². The number of hydrogen-bond acceptors (Lipinski definition) is 0. The normalized spacial score (nSPS) is 11.7. The molecule has 0 radical (unpaired) electrons. The fourth-order valence-corrected chi connectivity index (χ4v) is 7.10. The number of nitrogens with zero attached hydrogens (tertiary/aromatic N) is 2. The van der Waals surface area contributed by atoms with Gasteiger partial charge in [-0.2, -0.15) is 0 Å². The second-order valence-corrected chi connectivity index (χ2v) is 12.4. The highest BCUT2D eigenvalue weighted by atomic mass is 15.0. The summed E-state index contributed by atoms with van der Waals surface area (Å²) in [5, 5.41) is 5.06. The van der Waals surface area contributed by atoms with Crippen LogP contribution in [0.3, 0.4) is 0 Å². The van der Waals surface area contributed by atoms with E-state index in [9.17, 15) is 0 Å². The predicted octanol–water partition coefficient (Wildman–Crippen LogP) is 11.8. The van der Waals surface area contributed by atoms with Crippen molar-refractivity contribution in [1.29, 1.82) is 0 Å². The van der Waals surface area contributed by atoms with Gasteiger partial charge in [-0.25, -0.2) is 0 Å². The van der Waals surface area contributed by atoms with Gasteiger partial charge in [-0.3, -0.25) is 0 Å². The summed E-state index contributed by atoms with van der Waals surface area (Å²) < 4.78 is 4.78. The van der Waals surface area contributed by atoms with Crippen molar-refractivity contribution in [2.75, 3.05) is 0 Å². The molecule has 0 bridgehead atoms. The van der Waals surface area contributed by atoms with Gasteiger partial charge < -0.3 is 9.13 Å². The minimum atomic E-state index is 1.17. The third kappa shape index (κ3) is 4.18. The van der Waals surface area contributed by atoms with Gasteiger partial charge in [0.2, 0.25) is 0 Å². The summed E-state index contributed by atoms with van der Waals surface area (Å²) in [5.74, 6) is 0. The second kappa shape index (κ2) is 10.4. The molecule has 0 unspecified atom stereocenters. The monoisotopic (exact) mass is 588 g/mol. The zero-order valence-corrected chi connectivity index (χ0v) is 25.9. The number of rotatable bonds is 4. The zero-order chi connectivity index (χ0) is 30.8. The molecule has 0 atom stereocenters. The smallest absolute Gasteiger partial charge is 0.0541 e. The van der Waals surface area contributed by atoms with E-state index in [1.807, 2.05) is 0 Å². The molecule has 0 saturated carbocycles. The van der Waals surface area contributed by atoms with Crippen LogP contribution >= 0.6 is 0 Å². The highest BCUT2D eigenvalue weighted by Crippen LogP contribution is 2.38. The van der Waals surface area contributed by atoms with Crippen LogP contribution in [-0.4, -0.2) is 9.13 Å². The maximum absolute atomic E-state index is 2.39. The minimum Gasteiger partial charge on any atom is -0.309 e. The molecule has 0 N–H and O–H groups in total. The summed E-state index contributed by atoms with van der Waals surface area (Å²) in [6, 6.07) is 57.9. The Labute approximate surface area is 268 Å². The molecule has 0 amide bonds. The Morgan fingerprint density at radius 1 is 0.304 bits per heavy atom. The molecule has 0 fully saturated rings. The molecule has 0 aliphatic carbocycles. The van der Waals surface area contributed by atoms with Crippen LogP contribution in [0.2, 0.25) is 0 Å². The molecule has 0 saturated heterocycles. The summed E-state index contributed by atoms with van der Waals surface area (Å²) in [6.07, 6.45) is 0. The minimum absolute atomic E-state index is 1.17. The Kier molecular flexibility index (Phi) is 5.97. The van der Waals surface area contributed by atoms with Crippen molar-refractivity contribution in [2.45, 2.75) is 13.8 Å². The lowest BCUT2D eigenvalue weighted by Crippen LogP contribution is -1.94. The van der Waals surface area contributed by atoms with Crippen LogP contribution in [0.25, 0.3) is 77.2 Å². The first-order chi connectivity index (χ1) is 22.6. The summed E-state index contributed by atoms with van der Waals surface area (Å²) in [7, 11) is 0. The average molecular weight is 589 g/mol. The van der Waals surface area contributed by atoms with E-state index in [0.29, 0.717) is 0 Å². The Morgan fingerprint density at radius 2 is 0.652 bits per heavy atom. The van der Waals surface area contributed by atoms with E-state index >= 15 is 0 Å². The van der Waals surface area contributed by atoms with E-state index in [-0.39, 0.29) is 0 Å². The van der Waals surface area contributed by atoms with Crippen molar-refractivity contribution in [3.8, 4) is 33.6 Å². The third-order valence-corrected chi connectivity index (χ3v) is 9.48. The lowest BCUT2D eigenvalue weighted by molar-refractivity contribution is 1.17. The van der Waals surface area contributed by atoms with Crippen LogP contribution < -0.4 is 0 Å². The van der Waals surface area contributed by atoms with Gasteiger partial charge in [0.15, 0.2) is 0 Å². The van der Waals surface area contributed by atoms with E-state index in [2.05, 4.69) is 181 Å². The van der Waals surface area contributed by atoms with Gasteiger partial charge in [0, 0.05) is 32.9 Å². The summed E-state index contributed by atoms with van der Waals surface area (Å²) in [6.45, 7) is 4.27. The van der Waals surface area contributed by atoms with Gasteiger partial charge in [-0.05, 0) is 96.8 Å². The molecular weight excluding hydrogens is 556 g/mol. The molecule has 9 rings (SSSR count). The van der Waals surface area contributed by atoms with Gasteiger partial charge in [-0.1, -0.05) is 108 Å². The van der Waals surface area contributed by atoms with E-state index in [1.165, 1.54) is 88.4 Å². The Morgan fingerprint density at radius 3 is 1.13 bits per heavy atom. The zero-order valence-electron chi connectivity index (χ0n) is 25.9. The van der Waals surface area contributed by atoms with Crippen molar-refractivity contribution < 1.29 is 0 Å².